The first-order valence-corrected chi connectivity index (χ1v) is 7.69. The first-order valence-electron chi connectivity index (χ1n) is 5.12. The summed E-state index contributed by atoms with van der Waals surface area (Å²) in [6.45, 7) is 0. The molecule has 100 valence electrons. The minimum atomic E-state index is -3.89. The average molecular weight is 395 g/mol. The van der Waals surface area contributed by atoms with Crippen molar-refractivity contribution in [1.82, 2.24) is 0 Å². The molecule has 2 aromatic carbocycles. The fraction of sp³-hybridized carbons (Fsp3) is 0. The minimum absolute atomic E-state index is 0.00882. The highest BCUT2D eigenvalue weighted by Gasteiger charge is 2.18. The van der Waals surface area contributed by atoms with Crippen LogP contribution in [0.3, 0.4) is 0 Å². The molecule has 0 aliphatic rings. The summed E-state index contributed by atoms with van der Waals surface area (Å²) in [6, 6.07) is 9.23. The summed E-state index contributed by atoms with van der Waals surface area (Å²) >= 11 is 1.66. The first-order chi connectivity index (χ1) is 8.90. The maximum atomic E-state index is 13.6. The number of rotatable bonds is 3. The van der Waals surface area contributed by atoms with Crippen molar-refractivity contribution < 1.29 is 17.2 Å². The van der Waals surface area contributed by atoms with E-state index in [1.54, 1.807) is 40.8 Å². The van der Waals surface area contributed by atoms with Crippen molar-refractivity contribution in [2.45, 2.75) is 4.90 Å². The van der Waals surface area contributed by atoms with Crippen LogP contribution in [0.15, 0.2) is 47.4 Å². The molecule has 0 aliphatic carbocycles. The summed E-state index contributed by atoms with van der Waals surface area (Å²) in [5.74, 6) is -1.71. The van der Waals surface area contributed by atoms with Gasteiger partial charge in [-0.15, -0.1) is 0 Å². The third kappa shape index (κ3) is 3.21. The quantitative estimate of drug-likeness (QED) is 0.811. The molecule has 0 aliphatic heterocycles. The van der Waals surface area contributed by atoms with E-state index in [1.807, 2.05) is 0 Å². The van der Waals surface area contributed by atoms with Gasteiger partial charge in [0.2, 0.25) is 0 Å². The van der Waals surface area contributed by atoms with Crippen LogP contribution in [-0.4, -0.2) is 8.42 Å². The number of anilines is 1. The maximum Gasteiger partial charge on any atom is 0.262 e. The standard InChI is InChI=1S/C12H8F2INO2S/c13-8-6-10(14)12(11(15)7-8)16-19(17,18)9-4-2-1-3-5-9/h1-7,16H. The van der Waals surface area contributed by atoms with Crippen molar-refractivity contribution in [1.29, 1.82) is 0 Å². The van der Waals surface area contributed by atoms with Crippen LogP contribution in [0.5, 0.6) is 0 Å². The van der Waals surface area contributed by atoms with E-state index in [0.29, 0.717) is 6.07 Å². The van der Waals surface area contributed by atoms with E-state index in [2.05, 4.69) is 4.72 Å². The molecule has 1 N–H and O–H groups in total. The number of sulfonamides is 1. The normalized spacial score (nSPS) is 11.3. The summed E-state index contributed by atoms with van der Waals surface area (Å²) in [5, 5.41) is 0. The van der Waals surface area contributed by atoms with E-state index in [4.69, 9.17) is 0 Å². The predicted molar refractivity (Wildman–Crippen MR) is 76.3 cm³/mol. The Kier molecular flexibility index (Phi) is 4.04. The molecule has 0 aromatic heterocycles. The van der Waals surface area contributed by atoms with Gasteiger partial charge in [-0.3, -0.25) is 4.72 Å². The van der Waals surface area contributed by atoms with Crippen LogP contribution in [0, 0.1) is 15.2 Å². The third-order valence-electron chi connectivity index (χ3n) is 2.30. The summed E-state index contributed by atoms with van der Waals surface area (Å²) < 4.78 is 52.8. The summed E-state index contributed by atoms with van der Waals surface area (Å²) in [4.78, 5) is 0.00882. The van der Waals surface area contributed by atoms with Crippen LogP contribution in [0.1, 0.15) is 0 Å². The van der Waals surface area contributed by atoms with Crippen molar-refractivity contribution in [3.05, 3.63) is 57.7 Å². The molecule has 0 amide bonds. The lowest BCUT2D eigenvalue weighted by atomic mass is 10.3. The van der Waals surface area contributed by atoms with Crippen LogP contribution < -0.4 is 4.72 Å². The van der Waals surface area contributed by atoms with Crippen molar-refractivity contribution in [3.8, 4) is 0 Å². The van der Waals surface area contributed by atoms with Crippen molar-refractivity contribution in [2.75, 3.05) is 4.72 Å². The van der Waals surface area contributed by atoms with Crippen molar-refractivity contribution in [2.24, 2.45) is 0 Å². The summed E-state index contributed by atoms with van der Waals surface area (Å²) in [7, 11) is -3.89. The van der Waals surface area contributed by atoms with Gasteiger partial charge in [0, 0.05) is 9.64 Å². The third-order valence-corrected chi connectivity index (χ3v) is 4.51. The zero-order valence-corrected chi connectivity index (χ0v) is 12.4. The topological polar surface area (TPSA) is 46.2 Å². The van der Waals surface area contributed by atoms with Gasteiger partial charge in [-0.05, 0) is 40.8 Å². The van der Waals surface area contributed by atoms with Gasteiger partial charge in [0.25, 0.3) is 10.0 Å². The molecule has 0 unspecified atom stereocenters. The fourth-order valence-electron chi connectivity index (χ4n) is 1.43. The lowest BCUT2D eigenvalue weighted by Crippen LogP contribution is -2.15. The van der Waals surface area contributed by atoms with E-state index >= 15 is 0 Å². The Hall–Kier alpha value is -1.22. The smallest absolute Gasteiger partial charge is 0.262 e. The molecule has 2 rings (SSSR count). The van der Waals surface area contributed by atoms with E-state index in [0.717, 1.165) is 6.07 Å². The van der Waals surface area contributed by atoms with Crippen molar-refractivity contribution >= 4 is 38.3 Å². The number of benzene rings is 2. The Morgan fingerprint density at radius 3 is 2.26 bits per heavy atom. The zero-order chi connectivity index (χ0) is 14.0. The highest BCUT2D eigenvalue weighted by molar-refractivity contribution is 14.1. The number of hydrogen-bond donors (Lipinski definition) is 1. The Morgan fingerprint density at radius 2 is 1.68 bits per heavy atom. The number of nitrogens with one attached hydrogen (secondary N) is 1. The van der Waals surface area contributed by atoms with Gasteiger partial charge in [-0.1, -0.05) is 18.2 Å². The Balaban J connectivity index is 2.42. The molecule has 0 heterocycles. The van der Waals surface area contributed by atoms with E-state index in [9.17, 15) is 17.2 Å². The molecule has 0 spiro atoms. The van der Waals surface area contributed by atoms with E-state index in [-0.39, 0.29) is 14.2 Å². The van der Waals surface area contributed by atoms with Crippen LogP contribution >= 0.6 is 22.6 Å². The van der Waals surface area contributed by atoms with Gasteiger partial charge in [0.1, 0.15) is 5.82 Å². The molecule has 3 nitrogen and oxygen atoms in total. The second-order valence-corrected chi connectivity index (χ2v) is 6.51. The molecule has 0 saturated carbocycles. The number of halogens is 3. The fourth-order valence-corrected chi connectivity index (χ4v) is 3.42. The Morgan fingerprint density at radius 1 is 1.05 bits per heavy atom. The van der Waals surface area contributed by atoms with Gasteiger partial charge >= 0.3 is 0 Å². The van der Waals surface area contributed by atoms with Gasteiger partial charge in [-0.25, -0.2) is 17.2 Å². The van der Waals surface area contributed by atoms with Crippen LogP contribution in [-0.2, 0) is 10.0 Å². The molecule has 0 saturated heterocycles. The Bertz CT molecular complexity index is 682. The Labute approximate surface area is 122 Å². The molecular weight excluding hydrogens is 387 g/mol. The second-order valence-electron chi connectivity index (χ2n) is 3.66. The average Bonchev–Trinajstić information content (AvgIpc) is 2.35. The summed E-state index contributed by atoms with van der Waals surface area (Å²) in [5.41, 5.74) is -0.258. The molecule has 0 bridgehead atoms. The largest absolute Gasteiger partial charge is 0.276 e. The maximum absolute atomic E-state index is 13.6. The minimum Gasteiger partial charge on any atom is -0.276 e. The van der Waals surface area contributed by atoms with Gasteiger partial charge in [0.05, 0.1) is 10.6 Å². The van der Waals surface area contributed by atoms with Crippen LogP contribution in [0.25, 0.3) is 0 Å². The molecule has 7 heteroatoms. The monoisotopic (exact) mass is 395 g/mol. The molecule has 0 atom stereocenters. The van der Waals surface area contributed by atoms with Gasteiger partial charge in [0.15, 0.2) is 5.82 Å². The highest BCUT2D eigenvalue weighted by atomic mass is 127. The van der Waals surface area contributed by atoms with Crippen LogP contribution in [0.2, 0.25) is 0 Å². The van der Waals surface area contributed by atoms with Crippen LogP contribution in [0.4, 0.5) is 14.5 Å². The SMILES string of the molecule is O=S(=O)(Nc1c(F)cc(F)cc1I)c1ccccc1. The molecule has 0 radical (unpaired) electrons. The van der Waals surface area contributed by atoms with E-state index < -0.39 is 21.7 Å². The van der Waals surface area contributed by atoms with Gasteiger partial charge in [-0.2, -0.15) is 0 Å². The zero-order valence-electron chi connectivity index (χ0n) is 9.40. The highest BCUT2D eigenvalue weighted by Crippen LogP contribution is 2.26. The van der Waals surface area contributed by atoms with Gasteiger partial charge < -0.3 is 0 Å². The molecule has 2 aromatic rings. The lowest BCUT2D eigenvalue weighted by molar-refractivity contribution is 0.581. The van der Waals surface area contributed by atoms with Crippen molar-refractivity contribution in [3.63, 3.8) is 0 Å². The molecular formula is C12H8F2INO2S. The first kappa shape index (κ1) is 14.2. The lowest BCUT2D eigenvalue weighted by Gasteiger charge is -2.10. The number of hydrogen-bond acceptors (Lipinski definition) is 2. The predicted octanol–water partition coefficient (Wildman–Crippen LogP) is 3.37. The molecule has 19 heavy (non-hydrogen) atoms. The summed E-state index contributed by atoms with van der Waals surface area (Å²) in [6.07, 6.45) is 0. The second kappa shape index (κ2) is 5.41. The molecule has 0 fully saturated rings. The van der Waals surface area contributed by atoms with E-state index in [1.165, 1.54) is 12.1 Å².